The zero-order valence-corrected chi connectivity index (χ0v) is 33.8. The fraction of sp³-hybridized carbons (Fsp3) is 0.367. The Morgan fingerprint density at radius 1 is 0.875 bits per heavy atom. The summed E-state index contributed by atoms with van der Waals surface area (Å²) >= 11 is 1.82. The van der Waals surface area contributed by atoms with E-state index in [1.807, 2.05) is 30.4 Å². The number of nitrogens with zero attached hydrogens (tertiary/aromatic N) is 5. The Labute approximate surface area is 335 Å². The van der Waals surface area contributed by atoms with Crippen molar-refractivity contribution in [2.75, 3.05) is 18.0 Å². The molecule has 6 nitrogen and oxygen atoms in total. The Hall–Kier alpha value is -5.01. The van der Waals surface area contributed by atoms with E-state index in [1.54, 1.807) is 0 Å². The number of piperidine rings is 1. The number of fused-ring (bicyclic) bond motifs is 4. The van der Waals surface area contributed by atoms with E-state index >= 15 is 0 Å². The van der Waals surface area contributed by atoms with Crippen LogP contribution >= 0.6 is 11.3 Å². The Kier molecular flexibility index (Phi) is 8.77. The second-order valence-electron chi connectivity index (χ2n) is 17.3. The summed E-state index contributed by atoms with van der Waals surface area (Å²) in [6.45, 7) is 10.9. The molecule has 1 spiro atoms. The van der Waals surface area contributed by atoms with Crippen LogP contribution in [0.2, 0.25) is 0 Å². The number of thiophene rings is 1. The highest BCUT2D eigenvalue weighted by atomic mass is 32.1. The minimum atomic E-state index is -0.0676. The third kappa shape index (κ3) is 6.10. The van der Waals surface area contributed by atoms with Crippen LogP contribution in [0, 0.1) is 32.1 Å². The summed E-state index contributed by atoms with van der Waals surface area (Å²) in [5.74, 6) is 3.64. The summed E-state index contributed by atoms with van der Waals surface area (Å²) in [5.41, 5.74) is 13.4. The number of phenols is 1. The fourth-order valence-corrected chi connectivity index (χ4v) is 12.1. The van der Waals surface area contributed by atoms with Crippen LogP contribution in [-0.4, -0.2) is 38.7 Å². The lowest BCUT2D eigenvalue weighted by Gasteiger charge is -2.54. The molecule has 2 fully saturated rings. The van der Waals surface area contributed by atoms with Gasteiger partial charge in [0.15, 0.2) is 5.82 Å². The highest BCUT2D eigenvalue weighted by Crippen LogP contribution is 2.53. The first kappa shape index (κ1) is 35.4. The zero-order valence-electron chi connectivity index (χ0n) is 33.0. The van der Waals surface area contributed by atoms with Crippen molar-refractivity contribution in [3.05, 3.63) is 158 Å². The number of aryl methyl sites for hydroxylation is 3. The number of aliphatic imine (C=N–C) groups is 1. The molecule has 10 rings (SSSR count). The number of phenolic OH excluding ortho intramolecular Hbond substituents is 1. The van der Waals surface area contributed by atoms with Gasteiger partial charge >= 0.3 is 0 Å². The van der Waals surface area contributed by atoms with Gasteiger partial charge in [-0.25, -0.2) is 0 Å². The highest BCUT2D eigenvalue weighted by molar-refractivity contribution is 7.15. The van der Waals surface area contributed by atoms with E-state index in [2.05, 4.69) is 125 Å². The maximum absolute atomic E-state index is 10.3. The van der Waals surface area contributed by atoms with Gasteiger partial charge in [0.25, 0.3) is 0 Å². The van der Waals surface area contributed by atoms with E-state index in [0.717, 1.165) is 55.6 Å². The summed E-state index contributed by atoms with van der Waals surface area (Å²) in [6, 6.07) is 35.8. The largest absolute Gasteiger partial charge is 0.508 e. The van der Waals surface area contributed by atoms with Crippen molar-refractivity contribution in [3.63, 3.8) is 0 Å². The maximum Gasteiger partial charge on any atom is 0.162 e. The molecule has 6 aromatic rings. The SMILES string of the molecule is Cc1sc2c(c1C)C(c1ccc(CC3CC4(CCCN(c5ccc([C@@H]6c7ccc(O)cc7CC[C@@H]6c6ccccc6)cc5)C4)C3)cc1)=N[C@@H](C)c1nnc(C)n1-2. The Morgan fingerprint density at radius 3 is 2.45 bits per heavy atom. The lowest BCUT2D eigenvalue weighted by molar-refractivity contribution is 0.0386. The molecule has 4 heterocycles. The molecule has 1 N–H and O–H groups in total. The summed E-state index contributed by atoms with van der Waals surface area (Å²) in [5, 5.41) is 20.4. The van der Waals surface area contributed by atoms with Gasteiger partial charge in [-0.05, 0) is 148 Å². The van der Waals surface area contributed by atoms with E-state index in [4.69, 9.17) is 4.99 Å². The van der Waals surface area contributed by atoms with Gasteiger partial charge in [-0.3, -0.25) is 9.56 Å². The van der Waals surface area contributed by atoms with E-state index in [9.17, 15) is 5.11 Å². The molecule has 7 heteroatoms. The third-order valence-corrected chi connectivity index (χ3v) is 14.8. The summed E-state index contributed by atoms with van der Waals surface area (Å²) in [7, 11) is 0. The van der Waals surface area contributed by atoms with Gasteiger partial charge in [-0.2, -0.15) is 0 Å². The fourth-order valence-electron chi connectivity index (χ4n) is 10.9. The van der Waals surface area contributed by atoms with E-state index < -0.39 is 0 Å². The van der Waals surface area contributed by atoms with Crippen LogP contribution in [-0.2, 0) is 12.8 Å². The number of hydrogen-bond donors (Lipinski definition) is 1. The molecule has 4 aliphatic rings. The number of rotatable bonds is 6. The van der Waals surface area contributed by atoms with Crippen molar-refractivity contribution in [1.82, 2.24) is 14.8 Å². The van der Waals surface area contributed by atoms with Crippen LogP contribution in [0.15, 0.2) is 102 Å². The average molecular weight is 758 g/mol. The molecule has 1 saturated carbocycles. The lowest BCUT2D eigenvalue weighted by atomic mass is 9.57. The van der Waals surface area contributed by atoms with E-state index in [1.165, 1.54) is 85.8 Å². The Morgan fingerprint density at radius 2 is 1.66 bits per heavy atom. The van der Waals surface area contributed by atoms with Crippen molar-refractivity contribution in [3.8, 4) is 10.8 Å². The second-order valence-corrected chi connectivity index (χ2v) is 18.5. The van der Waals surface area contributed by atoms with Crippen LogP contribution in [0.5, 0.6) is 5.75 Å². The second kappa shape index (κ2) is 13.9. The molecule has 284 valence electrons. The topological polar surface area (TPSA) is 66.5 Å². The standard InChI is InChI=1S/C49H51N5OS/c1-30-32(3)56-48-44(30)46(50-31(2)47-52-51-33(4)54(47)48)38-13-11-34(12-14-38)25-35-27-49(28-35)23-8-24-53(29-49)40-18-15-37(16-19-40)45-42(36-9-6-5-7-10-36)21-17-39-26-41(55)20-22-43(39)45/h5-7,9-16,18-20,22,26,31,35,42,45,55H,8,17,21,23-25,27-29H2,1-4H3/t31-,35?,42+,45-,49?/m0/s1. The first-order chi connectivity index (χ1) is 27.2. The van der Waals surface area contributed by atoms with Crippen molar-refractivity contribution >= 4 is 22.7 Å². The number of aromatic hydroxyl groups is 1. The quantitative estimate of drug-likeness (QED) is 0.184. The molecule has 0 amide bonds. The molecule has 4 aromatic carbocycles. The molecule has 2 aliphatic heterocycles. The van der Waals surface area contributed by atoms with E-state index in [0.29, 0.717) is 17.1 Å². The molecule has 0 bridgehead atoms. The van der Waals surface area contributed by atoms with Crippen LogP contribution in [0.4, 0.5) is 5.69 Å². The third-order valence-electron chi connectivity index (χ3n) is 13.6. The van der Waals surface area contributed by atoms with Gasteiger partial charge in [0, 0.05) is 40.7 Å². The molecule has 0 unspecified atom stereocenters. The molecule has 56 heavy (non-hydrogen) atoms. The molecule has 3 atom stereocenters. The highest BCUT2D eigenvalue weighted by Gasteiger charge is 2.46. The summed E-state index contributed by atoms with van der Waals surface area (Å²) in [4.78, 5) is 9.25. The number of hydrogen-bond acceptors (Lipinski definition) is 6. The van der Waals surface area contributed by atoms with Crippen LogP contribution < -0.4 is 4.90 Å². The van der Waals surface area contributed by atoms with Gasteiger partial charge < -0.3 is 10.0 Å². The minimum Gasteiger partial charge on any atom is -0.508 e. The summed E-state index contributed by atoms with van der Waals surface area (Å²) in [6.07, 6.45) is 8.45. The summed E-state index contributed by atoms with van der Waals surface area (Å²) < 4.78 is 2.22. The van der Waals surface area contributed by atoms with Gasteiger partial charge in [0.2, 0.25) is 0 Å². The van der Waals surface area contributed by atoms with Crippen molar-refractivity contribution in [1.29, 1.82) is 0 Å². The first-order valence-electron chi connectivity index (χ1n) is 20.6. The minimum absolute atomic E-state index is 0.0676. The average Bonchev–Trinajstić information content (AvgIpc) is 3.70. The van der Waals surface area contributed by atoms with Crippen LogP contribution in [0.1, 0.15) is 118 Å². The smallest absolute Gasteiger partial charge is 0.162 e. The molecule has 2 aromatic heterocycles. The zero-order chi connectivity index (χ0) is 38.1. The predicted octanol–water partition coefficient (Wildman–Crippen LogP) is 11.0. The monoisotopic (exact) mass is 757 g/mol. The van der Waals surface area contributed by atoms with Gasteiger partial charge in [0.1, 0.15) is 22.6 Å². The number of anilines is 1. The molecular weight excluding hydrogens is 707 g/mol. The number of aromatic nitrogens is 3. The van der Waals surface area contributed by atoms with Crippen molar-refractivity contribution in [2.24, 2.45) is 16.3 Å². The maximum atomic E-state index is 10.3. The lowest BCUT2D eigenvalue weighted by Crippen LogP contribution is -2.51. The predicted molar refractivity (Wildman–Crippen MR) is 228 cm³/mol. The Balaban J connectivity index is 0.821. The number of benzene rings is 4. The Bertz CT molecular complexity index is 2440. The van der Waals surface area contributed by atoms with Crippen molar-refractivity contribution < 1.29 is 5.11 Å². The molecule has 0 radical (unpaired) electrons. The van der Waals surface area contributed by atoms with E-state index in [-0.39, 0.29) is 12.0 Å². The molecule has 1 saturated heterocycles. The van der Waals surface area contributed by atoms with Crippen LogP contribution in [0.25, 0.3) is 5.00 Å². The normalized spacial score (nSPS) is 24.1. The molecular formula is C49H51N5OS. The molecule has 2 aliphatic carbocycles. The van der Waals surface area contributed by atoms with Gasteiger partial charge in [-0.15, -0.1) is 21.5 Å². The first-order valence-corrected chi connectivity index (χ1v) is 21.5. The van der Waals surface area contributed by atoms with Crippen LogP contribution in [0.3, 0.4) is 0 Å². The van der Waals surface area contributed by atoms with Gasteiger partial charge in [-0.1, -0.05) is 72.8 Å². The van der Waals surface area contributed by atoms with Crippen molar-refractivity contribution in [2.45, 2.75) is 90.5 Å². The van der Waals surface area contributed by atoms with Gasteiger partial charge in [0.05, 0.1) is 5.71 Å².